The van der Waals surface area contributed by atoms with Crippen molar-refractivity contribution in [1.29, 1.82) is 0 Å². The van der Waals surface area contributed by atoms with Gasteiger partial charge in [-0.05, 0) is 34.9 Å². The Morgan fingerprint density at radius 2 is 1.72 bits per heavy atom. The number of hydrogen-bond donors (Lipinski definition) is 2. The fourth-order valence-corrected chi connectivity index (χ4v) is 1.73. The van der Waals surface area contributed by atoms with Gasteiger partial charge in [0.1, 0.15) is 0 Å². The quantitative estimate of drug-likeness (QED) is 0.639. The number of nitrogen functional groups attached to an aromatic ring is 1. The van der Waals surface area contributed by atoms with Crippen LogP contribution in [0.4, 0.5) is 5.69 Å². The highest BCUT2D eigenvalue weighted by Gasteiger charge is 2.02. The summed E-state index contributed by atoms with van der Waals surface area (Å²) < 4.78 is 0. The van der Waals surface area contributed by atoms with E-state index in [4.69, 9.17) is 10.8 Å². The molecule has 0 spiro atoms. The van der Waals surface area contributed by atoms with E-state index in [0.29, 0.717) is 5.69 Å². The lowest BCUT2D eigenvalue weighted by atomic mass is 9.99. The van der Waals surface area contributed by atoms with E-state index in [1.54, 1.807) is 6.08 Å². The molecule has 3 N–H and O–H groups in total. The summed E-state index contributed by atoms with van der Waals surface area (Å²) in [5, 5.41) is 8.67. The van der Waals surface area contributed by atoms with Gasteiger partial charge in [-0.3, -0.25) is 0 Å². The molecular weight excluding hydrogens is 226 g/mol. The molecule has 0 unspecified atom stereocenters. The molecule has 3 heteroatoms. The molecule has 0 aromatic heterocycles. The van der Waals surface area contributed by atoms with E-state index in [1.807, 2.05) is 48.5 Å². The Bertz CT molecular complexity index is 586. The highest BCUT2D eigenvalue weighted by Crippen LogP contribution is 2.25. The van der Waals surface area contributed by atoms with Crippen LogP contribution >= 0.6 is 0 Å². The largest absolute Gasteiger partial charge is 0.478 e. The monoisotopic (exact) mass is 239 g/mol. The van der Waals surface area contributed by atoms with Crippen molar-refractivity contribution in [2.24, 2.45) is 0 Å². The third-order valence-corrected chi connectivity index (χ3v) is 2.59. The molecule has 0 heterocycles. The van der Waals surface area contributed by atoms with Gasteiger partial charge in [0, 0.05) is 11.8 Å². The first kappa shape index (κ1) is 11.9. The number of anilines is 1. The average molecular weight is 239 g/mol. The lowest BCUT2D eigenvalue weighted by molar-refractivity contribution is -0.131. The molecule has 2 aromatic carbocycles. The molecule has 18 heavy (non-hydrogen) atoms. The first-order valence-electron chi connectivity index (χ1n) is 5.53. The molecule has 0 saturated carbocycles. The van der Waals surface area contributed by atoms with Crippen LogP contribution in [0.2, 0.25) is 0 Å². The van der Waals surface area contributed by atoms with Crippen LogP contribution in [0.15, 0.2) is 54.6 Å². The van der Waals surface area contributed by atoms with Gasteiger partial charge in [-0.1, -0.05) is 36.4 Å². The number of carboxylic acids is 1. The molecule has 0 bridgehead atoms. The van der Waals surface area contributed by atoms with E-state index in [-0.39, 0.29) is 0 Å². The van der Waals surface area contributed by atoms with E-state index in [9.17, 15) is 4.79 Å². The van der Waals surface area contributed by atoms with Gasteiger partial charge in [0.05, 0.1) is 0 Å². The maximum absolute atomic E-state index is 10.6. The van der Waals surface area contributed by atoms with E-state index >= 15 is 0 Å². The van der Waals surface area contributed by atoms with Gasteiger partial charge >= 0.3 is 5.97 Å². The molecule has 0 radical (unpaired) electrons. The maximum atomic E-state index is 10.6. The number of aliphatic carboxylic acids is 1. The van der Waals surface area contributed by atoms with Gasteiger partial charge in [-0.15, -0.1) is 0 Å². The van der Waals surface area contributed by atoms with Gasteiger partial charge < -0.3 is 10.8 Å². The summed E-state index contributed by atoms with van der Waals surface area (Å²) >= 11 is 0. The number of benzene rings is 2. The van der Waals surface area contributed by atoms with Gasteiger partial charge in [0.15, 0.2) is 0 Å². The van der Waals surface area contributed by atoms with Gasteiger partial charge in [0.25, 0.3) is 0 Å². The summed E-state index contributed by atoms with van der Waals surface area (Å²) in [7, 11) is 0. The highest BCUT2D eigenvalue weighted by atomic mass is 16.4. The first-order valence-corrected chi connectivity index (χ1v) is 5.53. The summed E-state index contributed by atoms with van der Waals surface area (Å²) in [4.78, 5) is 10.6. The van der Waals surface area contributed by atoms with Crippen LogP contribution in [0.3, 0.4) is 0 Å². The maximum Gasteiger partial charge on any atom is 0.328 e. The van der Waals surface area contributed by atoms with Crippen molar-refractivity contribution in [3.63, 3.8) is 0 Å². The second kappa shape index (κ2) is 5.19. The molecule has 90 valence electrons. The predicted molar refractivity (Wildman–Crippen MR) is 73.0 cm³/mol. The molecule has 3 nitrogen and oxygen atoms in total. The minimum absolute atomic E-state index is 0.706. The van der Waals surface area contributed by atoms with Crippen LogP contribution in [0.25, 0.3) is 17.2 Å². The minimum Gasteiger partial charge on any atom is -0.478 e. The Hall–Kier alpha value is -2.55. The van der Waals surface area contributed by atoms with Gasteiger partial charge in [-0.25, -0.2) is 4.79 Å². The average Bonchev–Trinajstić information content (AvgIpc) is 2.38. The Balaban J connectivity index is 2.44. The van der Waals surface area contributed by atoms with Crippen molar-refractivity contribution in [3.05, 3.63) is 60.2 Å². The predicted octanol–water partition coefficient (Wildman–Crippen LogP) is 3.03. The Labute approximate surface area is 105 Å². The van der Waals surface area contributed by atoms with Crippen LogP contribution in [0.5, 0.6) is 0 Å². The number of carboxylic acid groups (broad SMARTS) is 1. The molecule has 0 aliphatic rings. The van der Waals surface area contributed by atoms with Crippen molar-refractivity contribution in [2.45, 2.75) is 0 Å². The fraction of sp³-hybridized carbons (Fsp3) is 0. The molecule has 0 atom stereocenters. The summed E-state index contributed by atoms with van der Waals surface area (Å²) in [6.45, 7) is 0. The zero-order chi connectivity index (χ0) is 13.0. The normalized spacial score (nSPS) is 10.7. The van der Waals surface area contributed by atoms with E-state index in [2.05, 4.69) is 0 Å². The van der Waals surface area contributed by atoms with Crippen molar-refractivity contribution in [3.8, 4) is 11.1 Å². The van der Waals surface area contributed by atoms with Crippen LogP contribution in [-0.2, 0) is 4.79 Å². The zero-order valence-corrected chi connectivity index (χ0v) is 9.71. The van der Waals surface area contributed by atoms with E-state index < -0.39 is 5.97 Å². The summed E-state index contributed by atoms with van der Waals surface area (Å²) in [6.07, 6.45) is 2.73. The highest BCUT2D eigenvalue weighted by molar-refractivity contribution is 5.87. The number of nitrogens with two attached hydrogens (primary N) is 1. The second-order valence-electron chi connectivity index (χ2n) is 3.88. The van der Waals surface area contributed by atoms with Crippen LogP contribution in [0, 0.1) is 0 Å². The molecule has 0 aliphatic heterocycles. The standard InChI is InChI=1S/C15H13NO2/c16-13-8-5-12(6-9-13)14-4-2-1-3-11(14)7-10-15(17)18/h1-10H,16H2,(H,17,18). The summed E-state index contributed by atoms with van der Waals surface area (Å²) in [5.74, 6) is -0.956. The molecule has 2 rings (SSSR count). The van der Waals surface area contributed by atoms with E-state index in [0.717, 1.165) is 22.8 Å². The van der Waals surface area contributed by atoms with Crippen LogP contribution in [-0.4, -0.2) is 11.1 Å². The number of rotatable bonds is 3. The van der Waals surface area contributed by atoms with Gasteiger partial charge in [-0.2, -0.15) is 0 Å². The summed E-state index contributed by atoms with van der Waals surface area (Å²) in [5.41, 5.74) is 9.21. The Morgan fingerprint density at radius 1 is 1.06 bits per heavy atom. The minimum atomic E-state index is -0.956. The van der Waals surface area contributed by atoms with Crippen LogP contribution < -0.4 is 5.73 Å². The molecule has 0 saturated heterocycles. The molecule has 0 fully saturated rings. The summed E-state index contributed by atoms with van der Waals surface area (Å²) in [6, 6.07) is 15.1. The van der Waals surface area contributed by atoms with Crippen molar-refractivity contribution in [1.82, 2.24) is 0 Å². The molecule has 2 aromatic rings. The lowest BCUT2D eigenvalue weighted by Crippen LogP contribution is -1.88. The lowest BCUT2D eigenvalue weighted by Gasteiger charge is -2.06. The Kier molecular flexibility index (Phi) is 3.44. The first-order chi connectivity index (χ1) is 8.66. The fourth-order valence-electron chi connectivity index (χ4n) is 1.73. The smallest absolute Gasteiger partial charge is 0.328 e. The SMILES string of the molecule is Nc1ccc(-c2ccccc2C=CC(=O)O)cc1. The Morgan fingerprint density at radius 3 is 2.39 bits per heavy atom. The topological polar surface area (TPSA) is 63.3 Å². The van der Waals surface area contributed by atoms with Crippen molar-refractivity contribution < 1.29 is 9.90 Å². The van der Waals surface area contributed by atoms with Crippen molar-refractivity contribution in [2.75, 3.05) is 5.73 Å². The van der Waals surface area contributed by atoms with E-state index in [1.165, 1.54) is 0 Å². The second-order valence-corrected chi connectivity index (χ2v) is 3.88. The molecule has 0 aliphatic carbocycles. The van der Waals surface area contributed by atoms with Crippen molar-refractivity contribution >= 4 is 17.7 Å². The number of hydrogen-bond acceptors (Lipinski definition) is 2. The molecular formula is C15H13NO2. The third-order valence-electron chi connectivity index (χ3n) is 2.59. The zero-order valence-electron chi connectivity index (χ0n) is 9.71. The third kappa shape index (κ3) is 2.77. The molecule has 0 amide bonds. The van der Waals surface area contributed by atoms with Crippen LogP contribution in [0.1, 0.15) is 5.56 Å². The van der Waals surface area contributed by atoms with Gasteiger partial charge in [0.2, 0.25) is 0 Å². The number of carbonyl (C=O) groups is 1.